The predicted octanol–water partition coefficient (Wildman–Crippen LogP) is 2.45. The number of carbonyl (C=O) groups excluding carboxylic acids is 1. The Bertz CT molecular complexity index is 415. The first-order chi connectivity index (χ1) is 7.58. The second-order valence-corrected chi connectivity index (χ2v) is 4.75. The lowest BCUT2D eigenvalue weighted by molar-refractivity contribution is 0.0936. The number of nitrogens with two attached hydrogens (primary N) is 1. The maximum absolute atomic E-state index is 11.9. The molecule has 0 spiro atoms. The average Bonchev–Trinajstić information content (AvgIpc) is 2.99. The molecule has 1 aromatic rings. The van der Waals surface area contributed by atoms with Crippen molar-refractivity contribution < 1.29 is 4.79 Å². The van der Waals surface area contributed by atoms with E-state index in [1.807, 2.05) is 6.92 Å². The molecule has 1 amide bonds. The molecule has 1 saturated carbocycles. The Morgan fingerprint density at radius 1 is 1.56 bits per heavy atom. The van der Waals surface area contributed by atoms with Crippen LogP contribution in [0.2, 0.25) is 5.02 Å². The van der Waals surface area contributed by atoms with Crippen LogP contribution in [0.1, 0.15) is 30.1 Å². The van der Waals surface area contributed by atoms with Gasteiger partial charge in [0.2, 0.25) is 0 Å². The molecule has 0 aliphatic heterocycles. The number of hydrogen-bond acceptors (Lipinski definition) is 2. The van der Waals surface area contributed by atoms with E-state index in [4.69, 9.17) is 17.3 Å². The number of amides is 1. The topological polar surface area (TPSA) is 55.1 Å². The Balaban J connectivity index is 2.07. The Kier molecular flexibility index (Phi) is 3.06. The van der Waals surface area contributed by atoms with E-state index in [0.717, 1.165) is 0 Å². The zero-order valence-corrected chi connectivity index (χ0v) is 9.92. The van der Waals surface area contributed by atoms with Crippen LogP contribution >= 0.6 is 11.6 Å². The Morgan fingerprint density at radius 2 is 2.25 bits per heavy atom. The highest BCUT2D eigenvalue weighted by Crippen LogP contribution is 2.32. The molecule has 1 aliphatic carbocycles. The van der Waals surface area contributed by atoms with Gasteiger partial charge in [-0.2, -0.15) is 0 Å². The second kappa shape index (κ2) is 4.34. The summed E-state index contributed by atoms with van der Waals surface area (Å²) in [5.41, 5.74) is 6.63. The third-order valence-corrected chi connectivity index (χ3v) is 3.24. The number of benzene rings is 1. The monoisotopic (exact) mass is 238 g/mol. The molecule has 0 radical (unpaired) electrons. The third kappa shape index (κ3) is 2.47. The van der Waals surface area contributed by atoms with E-state index in [1.54, 1.807) is 18.2 Å². The lowest BCUT2D eigenvalue weighted by Gasteiger charge is -2.13. The number of nitrogens with one attached hydrogen (secondary N) is 1. The van der Waals surface area contributed by atoms with Gasteiger partial charge in [-0.1, -0.05) is 11.6 Å². The molecule has 0 saturated heterocycles. The summed E-state index contributed by atoms with van der Waals surface area (Å²) in [4.78, 5) is 11.9. The van der Waals surface area contributed by atoms with E-state index in [9.17, 15) is 4.79 Å². The van der Waals surface area contributed by atoms with Crippen LogP contribution < -0.4 is 11.1 Å². The summed E-state index contributed by atoms with van der Waals surface area (Å²) in [5.74, 6) is 0.515. The molecule has 16 heavy (non-hydrogen) atoms. The van der Waals surface area contributed by atoms with Gasteiger partial charge in [-0.05, 0) is 43.9 Å². The van der Waals surface area contributed by atoms with Crippen molar-refractivity contribution in [3.8, 4) is 0 Å². The lowest BCUT2D eigenvalue weighted by atomic mass is 10.1. The molecule has 0 bridgehead atoms. The molecule has 2 rings (SSSR count). The van der Waals surface area contributed by atoms with Crippen molar-refractivity contribution in [3.05, 3.63) is 28.8 Å². The highest BCUT2D eigenvalue weighted by molar-refractivity contribution is 6.34. The van der Waals surface area contributed by atoms with Crippen LogP contribution in [0.4, 0.5) is 5.69 Å². The Morgan fingerprint density at radius 3 is 2.81 bits per heavy atom. The van der Waals surface area contributed by atoms with Gasteiger partial charge in [-0.3, -0.25) is 4.79 Å². The summed E-state index contributed by atoms with van der Waals surface area (Å²) >= 11 is 5.96. The summed E-state index contributed by atoms with van der Waals surface area (Å²) in [5, 5.41) is 3.36. The molecule has 4 heteroatoms. The standard InChI is InChI=1S/C12H15ClN2O/c1-7(8-2-3-8)15-12(16)10-5-4-9(14)6-11(10)13/h4-8H,2-3,14H2,1H3,(H,15,16). The number of hydrogen-bond donors (Lipinski definition) is 2. The first-order valence-electron chi connectivity index (χ1n) is 5.44. The molecule has 1 aromatic carbocycles. The Labute approximate surface area is 100.0 Å². The van der Waals surface area contributed by atoms with E-state index < -0.39 is 0 Å². The van der Waals surface area contributed by atoms with E-state index >= 15 is 0 Å². The van der Waals surface area contributed by atoms with Gasteiger partial charge in [-0.25, -0.2) is 0 Å². The minimum absolute atomic E-state index is 0.121. The zero-order valence-electron chi connectivity index (χ0n) is 9.16. The zero-order chi connectivity index (χ0) is 11.7. The molecule has 1 fully saturated rings. The van der Waals surface area contributed by atoms with Crippen LogP contribution in [0, 0.1) is 5.92 Å². The summed E-state index contributed by atoms with van der Waals surface area (Å²) in [6.07, 6.45) is 2.41. The van der Waals surface area contributed by atoms with Crippen molar-refractivity contribution in [3.63, 3.8) is 0 Å². The molecule has 3 nitrogen and oxygen atoms in total. The third-order valence-electron chi connectivity index (χ3n) is 2.93. The van der Waals surface area contributed by atoms with Gasteiger partial charge in [-0.15, -0.1) is 0 Å². The molecular weight excluding hydrogens is 224 g/mol. The summed E-state index contributed by atoms with van der Waals surface area (Å²) in [6.45, 7) is 2.03. The van der Waals surface area contributed by atoms with Crippen LogP contribution in [0.3, 0.4) is 0 Å². The maximum Gasteiger partial charge on any atom is 0.253 e. The molecule has 0 aromatic heterocycles. The molecule has 86 valence electrons. The maximum atomic E-state index is 11.9. The fourth-order valence-corrected chi connectivity index (χ4v) is 1.99. The van der Waals surface area contributed by atoms with Crippen molar-refractivity contribution in [2.45, 2.75) is 25.8 Å². The van der Waals surface area contributed by atoms with Gasteiger partial charge < -0.3 is 11.1 Å². The highest BCUT2D eigenvalue weighted by Gasteiger charge is 2.29. The van der Waals surface area contributed by atoms with E-state index in [2.05, 4.69) is 5.32 Å². The summed E-state index contributed by atoms with van der Waals surface area (Å²) in [6, 6.07) is 5.16. The molecule has 1 aliphatic rings. The van der Waals surface area contributed by atoms with E-state index in [1.165, 1.54) is 12.8 Å². The van der Waals surface area contributed by atoms with Crippen LogP contribution in [0.5, 0.6) is 0 Å². The first-order valence-corrected chi connectivity index (χ1v) is 5.81. The van der Waals surface area contributed by atoms with Gasteiger partial charge in [0.15, 0.2) is 0 Å². The number of carbonyl (C=O) groups is 1. The molecule has 1 unspecified atom stereocenters. The number of anilines is 1. The quantitative estimate of drug-likeness (QED) is 0.795. The van der Waals surface area contributed by atoms with Crippen molar-refractivity contribution in [2.75, 3.05) is 5.73 Å². The van der Waals surface area contributed by atoms with E-state index in [0.29, 0.717) is 22.2 Å². The average molecular weight is 239 g/mol. The SMILES string of the molecule is CC(NC(=O)c1ccc(N)cc1Cl)C1CC1. The highest BCUT2D eigenvalue weighted by atomic mass is 35.5. The van der Waals surface area contributed by atoms with Gasteiger partial charge in [0.05, 0.1) is 10.6 Å². The van der Waals surface area contributed by atoms with Crippen molar-refractivity contribution in [1.29, 1.82) is 0 Å². The van der Waals surface area contributed by atoms with Crippen molar-refractivity contribution >= 4 is 23.2 Å². The molecule has 0 heterocycles. The van der Waals surface area contributed by atoms with Gasteiger partial charge >= 0.3 is 0 Å². The smallest absolute Gasteiger partial charge is 0.253 e. The van der Waals surface area contributed by atoms with Gasteiger partial charge in [0.1, 0.15) is 0 Å². The minimum atomic E-state index is -0.121. The summed E-state index contributed by atoms with van der Waals surface area (Å²) < 4.78 is 0. The van der Waals surface area contributed by atoms with Crippen LogP contribution in [-0.2, 0) is 0 Å². The first kappa shape index (κ1) is 11.3. The van der Waals surface area contributed by atoms with Crippen molar-refractivity contribution in [2.24, 2.45) is 5.92 Å². The minimum Gasteiger partial charge on any atom is -0.399 e. The number of nitrogen functional groups attached to an aromatic ring is 1. The van der Waals surface area contributed by atoms with E-state index in [-0.39, 0.29) is 11.9 Å². The number of rotatable bonds is 3. The van der Waals surface area contributed by atoms with Gasteiger partial charge in [0, 0.05) is 11.7 Å². The number of halogens is 1. The second-order valence-electron chi connectivity index (χ2n) is 4.34. The lowest BCUT2D eigenvalue weighted by Crippen LogP contribution is -2.34. The van der Waals surface area contributed by atoms with Crippen molar-refractivity contribution in [1.82, 2.24) is 5.32 Å². The molecule has 3 N–H and O–H groups in total. The van der Waals surface area contributed by atoms with Crippen LogP contribution in [0.25, 0.3) is 0 Å². The summed E-state index contributed by atoms with van der Waals surface area (Å²) in [7, 11) is 0. The van der Waals surface area contributed by atoms with Gasteiger partial charge in [0.25, 0.3) is 5.91 Å². The van der Waals surface area contributed by atoms with Crippen LogP contribution in [0.15, 0.2) is 18.2 Å². The fraction of sp³-hybridized carbons (Fsp3) is 0.417. The molecular formula is C12H15ClN2O. The Hall–Kier alpha value is -1.22. The largest absolute Gasteiger partial charge is 0.399 e. The van der Waals surface area contributed by atoms with Crippen LogP contribution in [-0.4, -0.2) is 11.9 Å². The predicted molar refractivity (Wildman–Crippen MR) is 65.5 cm³/mol. The normalized spacial score (nSPS) is 16.9. The fourth-order valence-electron chi connectivity index (χ4n) is 1.71. The molecule has 1 atom stereocenters.